The third kappa shape index (κ3) is 9.67. The van der Waals surface area contributed by atoms with Gasteiger partial charge in [0.25, 0.3) is 15.9 Å². The molecule has 4 N–H and O–H groups in total. The van der Waals surface area contributed by atoms with Gasteiger partial charge in [-0.15, -0.1) is 0 Å². The van der Waals surface area contributed by atoms with Crippen LogP contribution >= 0.6 is 0 Å². The van der Waals surface area contributed by atoms with Crippen LogP contribution in [0.1, 0.15) is 118 Å². The number of ether oxygens (including phenoxy) is 1. The number of fused-ring (bicyclic) bond motifs is 1. The normalized spacial score (nSPS) is 23.7. The Bertz CT molecular complexity index is 2780. The molecule has 0 unspecified atom stereocenters. The highest BCUT2D eigenvalue weighted by atomic mass is 32.2. The molecule has 17 heteroatoms. The first kappa shape index (κ1) is 46.1. The van der Waals surface area contributed by atoms with Gasteiger partial charge < -0.3 is 25.0 Å². The quantitative estimate of drug-likeness (QED) is 0.0611. The van der Waals surface area contributed by atoms with E-state index in [1.807, 2.05) is 12.1 Å². The lowest BCUT2D eigenvalue weighted by Gasteiger charge is -2.58. The lowest BCUT2D eigenvalue weighted by atomic mass is 9.59. The maximum absolute atomic E-state index is 14.0. The molecule has 3 aliphatic carbocycles. The molecule has 5 heterocycles. The van der Waals surface area contributed by atoms with Crippen LogP contribution in [0.4, 0.5) is 17.2 Å². The number of rotatable bonds is 14. The van der Waals surface area contributed by atoms with E-state index in [-0.39, 0.29) is 28.5 Å². The number of hydrogen-bond acceptors (Lipinski definition) is 13. The molecule has 2 aromatic carbocycles. The summed E-state index contributed by atoms with van der Waals surface area (Å²) >= 11 is 0. The predicted molar refractivity (Wildman–Crippen MR) is 261 cm³/mol. The average molecular weight is 946 g/mol. The summed E-state index contributed by atoms with van der Waals surface area (Å²) in [6.07, 6.45) is 14.1. The monoisotopic (exact) mass is 945 g/mol. The minimum Gasteiger partial charge on any atom is -0.455 e. The smallest absolute Gasteiger partial charge is 0.312 e. The van der Waals surface area contributed by atoms with E-state index in [1.165, 1.54) is 43.0 Å². The van der Waals surface area contributed by atoms with Crippen molar-refractivity contribution >= 4 is 44.2 Å². The number of aliphatic hydroxyl groups is 1. The molecule has 16 nitrogen and oxygen atoms in total. The molecule has 1 amide bonds. The number of carbonyl (C=O) groups excluding carboxylic acids is 1. The lowest BCUT2D eigenvalue weighted by molar-refractivity contribution is -0.384. The van der Waals surface area contributed by atoms with Crippen molar-refractivity contribution in [2.45, 2.75) is 120 Å². The number of anilines is 2. The number of nitro groups is 1. The summed E-state index contributed by atoms with van der Waals surface area (Å²) in [6, 6.07) is 20.5. The molecule has 5 aliphatic rings. The molecule has 0 bridgehead atoms. The van der Waals surface area contributed by atoms with Crippen molar-refractivity contribution in [3.8, 4) is 11.5 Å². The Morgan fingerprint density at radius 3 is 2.46 bits per heavy atom. The van der Waals surface area contributed by atoms with Crippen molar-refractivity contribution in [3.63, 3.8) is 0 Å². The van der Waals surface area contributed by atoms with Gasteiger partial charge in [0.1, 0.15) is 22.0 Å². The van der Waals surface area contributed by atoms with E-state index in [1.54, 1.807) is 31.3 Å². The Balaban J connectivity index is 0.836. The molecule has 68 heavy (non-hydrogen) atoms. The van der Waals surface area contributed by atoms with E-state index >= 15 is 0 Å². The van der Waals surface area contributed by atoms with Crippen LogP contribution < -0.4 is 19.7 Å². The molecule has 360 valence electrons. The van der Waals surface area contributed by atoms with E-state index in [0.717, 1.165) is 87.8 Å². The Hall–Kier alpha value is -5.62. The van der Waals surface area contributed by atoms with Crippen molar-refractivity contribution in [3.05, 3.63) is 106 Å². The van der Waals surface area contributed by atoms with Crippen LogP contribution in [0.3, 0.4) is 0 Å². The third-order valence-electron chi connectivity index (χ3n) is 15.6. The van der Waals surface area contributed by atoms with Crippen molar-refractivity contribution in [2.24, 2.45) is 11.3 Å². The molecule has 5 aromatic rings. The summed E-state index contributed by atoms with van der Waals surface area (Å²) in [5, 5.41) is 26.3. The predicted octanol–water partition coefficient (Wildman–Crippen LogP) is 8.52. The molecule has 0 radical (unpaired) electrons. The van der Waals surface area contributed by atoms with Crippen molar-refractivity contribution < 1.29 is 28.0 Å². The first-order valence-corrected chi connectivity index (χ1v) is 25.9. The molecule has 1 atom stereocenters. The number of amides is 1. The molecule has 3 aromatic heterocycles. The highest BCUT2D eigenvalue weighted by molar-refractivity contribution is 7.90. The largest absolute Gasteiger partial charge is 0.455 e. The fraction of sp³-hybridized carbons (Fsp3) is 0.510. The topological polar surface area (TPSA) is 199 Å². The number of H-pyrrole nitrogens is 1. The van der Waals surface area contributed by atoms with Gasteiger partial charge in [-0.2, -0.15) is 0 Å². The molecular formula is C51H63N9O7S. The van der Waals surface area contributed by atoms with Crippen molar-refractivity contribution in [1.29, 1.82) is 0 Å². The fourth-order valence-electron chi connectivity index (χ4n) is 11.4. The maximum atomic E-state index is 14.0. The van der Waals surface area contributed by atoms with Gasteiger partial charge in [0, 0.05) is 86.8 Å². The van der Waals surface area contributed by atoms with Gasteiger partial charge in [-0.1, -0.05) is 38.1 Å². The highest BCUT2D eigenvalue weighted by Gasteiger charge is 2.51. The van der Waals surface area contributed by atoms with Gasteiger partial charge in [0.2, 0.25) is 5.82 Å². The maximum Gasteiger partial charge on any atom is 0.312 e. The lowest BCUT2D eigenvalue weighted by Crippen LogP contribution is -2.60. The second kappa shape index (κ2) is 18.4. The van der Waals surface area contributed by atoms with Gasteiger partial charge in [-0.25, -0.2) is 23.1 Å². The Kier molecular flexibility index (Phi) is 12.5. The number of sulfonamides is 1. The van der Waals surface area contributed by atoms with Crippen LogP contribution in [-0.4, -0.2) is 106 Å². The minimum absolute atomic E-state index is 0.0376. The van der Waals surface area contributed by atoms with Gasteiger partial charge in [-0.05, 0) is 124 Å². The zero-order valence-electron chi connectivity index (χ0n) is 39.2. The Morgan fingerprint density at radius 2 is 1.72 bits per heavy atom. The van der Waals surface area contributed by atoms with Gasteiger partial charge >= 0.3 is 5.69 Å². The summed E-state index contributed by atoms with van der Waals surface area (Å²) in [5.74, 6) is 0.0963. The van der Waals surface area contributed by atoms with E-state index < -0.39 is 37.0 Å². The van der Waals surface area contributed by atoms with Crippen molar-refractivity contribution in [2.75, 3.05) is 49.5 Å². The summed E-state index contributed by atoms with van der Waals surface area (Å²) in [7, 11) is -4.63. The summed E-state index contributed by atoms with van der Waals surface area (Å²) in [4.78, 5) is 44.5. The zero-order valence-corrected chi connectivity index (χ0v) is 40.0. The van der Waals surface area contributed by atoms with Crippen LogP contribution in [0.2, 0.25) is 0 Å². The van der Waals surface area contributed by atoms with Gasteiger partial charge in [0.05, 0.1) is 28.5 Å². The number of piperidine rings is 1. The third-order valence-corrected chi connectivity index (χ3v) is 16.9. The number of piperazine rings is 1. The first-order valence-electron chi connectivity index (χ1n) is 24.4. The molecule has 3 saturated carbocycles. The standard InChI is InChI=1S/C51H63N9O7S/c1-33(2)41-6-4-5-7-42(41)45-32-58(36-8-9-36)22-23-59(45)38-27-51(28-38)17-20-57(21-18-51)37-10-11-43(46(25-37)67-39-24-35-14-19-52-47(35)54-30-39)49(61)56-68(65,66)40-26-44(60(63)64)48(55-31-40)53-29-34-12-15-50(3,62)16-13-34/h4-7,10-11,14,19,24-26,30-31,33-34,36,38,45,62H,8-9,12-13,15-18,20-23,27-29,32H2,1-3H3,(H,52,54)(H,53,55)(H,56,61)/t34-,45-,50-/m0/s1. The number of aromatic nitrogens is 3. The Morgan fingerprint density at radius 1 is 0.956 bits per heavy atom. The van der Waals surface area contributed by atoms with Crippen molar-refractivity contribution in [1.82, 2.24) is 29.5 Å². The molecule has 1 spiro atoms. The van der Waals surface area contributed by atoms with Gasteiger partial charge in [-0.3, -0.25) is 24.7 Å². The molecule has 2 aliphatic heterocycles. The van der Waals surface area contributed by atoms with E-state index in [0.29, 0.717) is 48.8 Å². The minimum atomic E-state index is -4.63. The number of pyridine rings is 2. The summed E-state index contributed by atoms with van der Waals surface area (Å²) in [5.41, 5.74) is 3.45. The van der Waals surface area contributed by atoms with Crippen LogP contribution in [0.15, 0.2) is 84.1 Å². The second-order valence-corrected chi connectivity index (χ2v) is 22.4. The van der Waals surface area contributed by atoms with Crippen LogP contribution in [-0.2, 0) is 10.0 Å². The summed E-state index contributed by atoms with van der Waals surface area (Å²) in [6.45, 7) is 11.8. The number of carbonyl (C=O) groups is 1. The number of nitrogens with one attached hydrogen (secondary N) is 3. The highest BCUT2D eigenvalue weighted by Crippen LogP contribution is 2.54. The first-order chi connectivity index (χ1) is 32.6. The fourth-order valence-corrected chi connectivity index (χ4v) is 12.3. The summed E-state index contributed by atoms with van der Waals surface area (Å²) < 4.78 is 36.0. The van der Waals surface area contributed by atoms with Crippen LogP contribution in [0.25, 0.3) is 11.0 Å². The second-order valence-electron chi connectivity index (χ2n) is 20.7. The zero-order chi connectivity index (χ0) is 47.4. The molecule has 10 rings (SSSR count). The Labute approximate surface area is 398 Å². The van der Waals surface area contributed by atoms with E-state index in [2.05, 4.69) is 77.8 Å². The molecule has 2 saturated heterocycles. The SMILES string of the molecule is CC(C)c1ccccc1[C@@H]1CN(C2CC2)CCN1C1CC2(CCN(c3ccc(C(=O)NS(=O)(=O)c4cnc(NC[C@H]5CC[C@](C)(O)CC5)c([N+](=O)[O-])c4)c(Oc4cnc5[nH]ccc5c4)c3)CC2)C1. The molecule has 5 fully saturated rings. The van der Waals surface area contributed by atoms with E-state index in [9.17, 15) is 28.4 Å². The van der Waals surface area contributed by atoms with Crippen LogP contribution in [0, 0.1) is 21.4 Å². The number of hydrogen-bond donors (Lipinski definition) is 4. The number of nitrogens with zero attached hydrogens (tertiary/aromatic N) is 6. The molecular weight excluding hydrogens is 883 g/mol. The average Bonchev–Trinajstić information content (AvgIpc) is 4.07. The van der Waals surface area contributed by atoms with Crippen LogP contribution in [0.5, 0.6) is 11.5 Å². The van der Waals surface area contributed by atoms with Gasteiger partial charge in [0.15, 0.2) is 0 Å². The number of aromatic amines is 1. The number of benzene rings is 2. The van der Waals surface area contributed by atoms with E-state index in [4.69, 9.17) is 4.74 Å².